The minimum Gasteiger partial charge on any atom is -0.297 e. The maximum absolute atomic E-state index is 12.9. The summed E-state index contributed by atoms with van der Waals surface area (Å²) in [5, 5.41) is 4.82. The topological polar surface area (TPSA) is 78.0 Å². The Morgan fingerprint density at radius 3 is 1.50 bits per heavy atom. The molecule has 4 amide bonds. The van der Waals surface area contributed by atoms with Gasteiger partial charge in [-0.1, -0.05) is 60.7 Å². The zero-order chi connectivity index (χ0) is 31.9. The Hall–Kier alpha value is -4.44. The van der Waals surface area contributed by atoms with Crippen molar-refractivity contribution >= 4 is 68.7 Å². The van der Waals surface area contributed by atoms with E-state index in [9.17, 15) is 19.2 Å². The Morgan fingerprint density at radius 1 is 0.565 bits per heavy atom. The van der Waals surface area contributed by atoms with E-state index in [1.54, 1.807) is 35.7 Å². The Morgan fingerprint density at radius 2 is 1.02 bits per heavy atom. The fourth-order valence-corrected chi connectivity index (χ4v) is 8.49. The van der Waals surface area contributed by atoms with Crippen LogP contribution in [0.25, 0.3) is 21.5 Å². The maximum Gasteiger partial charge on any atom is 0.262 e. The van der Waals surface area contributed by atoms with Crippen molar-refractivity contribution in [2.75, 3.05) is 38.7 Å². The van der Waals surface area contributed by atoms with Crippen molar-refractivity contribution in [3.63, 3.8) is 0 Å². The predicted octanol–water partition coefficient (Wildman–Crippen LogP) is 6.83. The molecule has 5 aromatic carbocycles. The first-order chi connectivity index (χ1) is 22.3. The van der Waals surface area contributed by atoms with Crippen LogP contribution in [0.3, 0.4) is 0 Å². The monoisotopic (exact) mass is 645 g/mol. The molecule has 0 atom stereocenters. The lowest BCUT2D eigenvalue weighted by Crippen LogP contribution is -2.28. The second-order valence-electron chi connectivity index (χ2n) is 11.5. The highest BCUT2D eigenvalue weighted by atomic mass is 32.2. The predicted molar refractivity (Wildman–Crippen MR) is 184 cm³/mol. The van der Waals surface area contributed by atoms with Gasteiger partial charge >= 0.3 is 0 Å². The third-order valence-electron chi connectivity index (χ3n) is 8.75. The van der Waals surface area contributed by atoms with Crippen LogP contribution in [0.1, 0.15) is 47.0 Å². The number of carbonyl (C=O) groups excluding carboxylic acids is 4. The minimum absolute atomic E-state index is 0.257. The number of hydrogen-bond donors (Lipinski definition) is 0. The number of thioether (sulfide) groups is 2. The zero-order valence-corrected chi connectivity index (χ0v) is 27.1. The number of benzene rings is 5. The minimum atomic E-state index is -0.261. The fourth-order valence-electron chi connectivity index (χ4n) is 6.32. The molecule has 7 rings (SSSR count). The SMILES string of the molecule is CN1C(=O)c2cccc(SCCN(CCSc3cccc4c3C(=O)N(C)C4=O)Cc3c4ccccc4cc4ccccc34)c2C1=O. The first-order valence-electron chi connectivity index (χ1n) is 15.1. The summed E-state index contributed by atoms with van der Waals surface area (Å²) in [6.45, 7) is 2.18. The van der Waals surface area contributed by atoms with Gasteiger partial charge in [-0.3, -0.25) is 33.9 Å². The lowest BCUT2D eigenvalue weighted by atomic mass is 9.96. The van der Waals surface area contributed by atoms with Crippen molar-refractivity contribution in [1.29, 1.82) is 0 Å². The molecule has 0 aliphatic carbocycles. The van der Waals surface area contributed by atoms with Crippen LogP contribution in [0.15, 0.2) is 101 Å². The molecule has 2 aliphatic heterocycles. The number of carbonyl (C=O) groups is 4. The molecule has 0 spiro atoms. The summed E-state index contributed by atoms with van der Waals surface area (Å²) in [6.07, 6.45) is 0. The van der Waals surface area contributed by atoms with Gasteiger partial charge in [0.1, 0.15) is 0 Å². The van der Waals surface area contributed by atoms with E-state index in [0.29, 0.717) is 40.3 Å². The Labute approximate surface area is 275 Å². The lowest BCUT2D eigenvalue weighted by Gasteiger charge is -2.24. The highest BCUT2D eigenvalue weighted by molar-refractivity contribution is 7.99. The summed E-state index contributed by atoms with van der Waals surface area (Å²) in [5.74, 6) is 0.395. The first kappa shape index (κ1) is 30.2. The quantitative estimate of drug-likeness (QED) is 0.0936. The molecule has 0 saturated carbocycles. The van der Waals surface area contributed by atoms with Crippen LogP contribution in [-0.2, 0) is 6.54 Å². The third-order valence-corrected chi connectivity index (χ3v) is 10.8. The van der Waals surface area contributed by atoms with E-state index in [1.165, 1.54) is 51.0 Å². The summed E-state index contributed by atoms with van der Waals surface area (Å²) in [7, 11) is 3.05. The standard InChI is InChI=1S/C37H31N3O4S2/c1-38-34(41)27-13-7-15-30(32(27)36(38)43)45-19-17-40(18-20-46-31-16-8-14-28-33(31)37(44)39(2)35(28)42)22-29-25-11-5-3-9-23(25)21-24-10-4-6-12-26(24)29/h3-16,21H,17-20,22H2,1-2H3. The zero-order valence-electron chi connectivity index (χ0n) is 25.5. The second kappa shape index (κ2) is 12.4. The molecule has 0 aromatic heterocycles. The van der Waals surface area contributed by atoms with Gasteiger partial charge in [0.25, 0.3) is 23.6 Å². The van der Waals surface area contributed by atoms with E-state index in [0.717, 1.165) is 22.9 Å². The maximum atomic E-state index is 12.9. The molecule has 0 fully saturated rings. The van der Waals surface area contributed by atoms with Crippen LogP contribution in [0.2, 0.25) is 0 Å². The molecule has 0 bridgehead atoms. The van der Waals surface area contributed by atoms with E-state index >= 15 is 0 Å². The molecular formula is C37H31N3O4S2. The van der Waals surface area contributed by atoms with Gasteiger partial charge in [-0.05, 0) is 57.4 Å². The van der Waals surface area contributed by atoms with Gasteiger partial charge in [-0.2, -0.15) is 0 Å². The molecule has 0 radical (unpaired) electrons. The number of nitrogens with zero attached hydrogens (tertiary/aromatic N) is 3. The van der Waals surface area contributed by atoms with Crippen LogP contribution >= 0.6 is 23.5 Å². The van der Waals surface area contributed by atoms with E-state index in [2.05, 4.69) is 59.5 Å². The van der Waals surface area contributed by atoms with E-state index in [-0.39, 0.29) is 23.6 Å². The number of imide groups is 2. The lowest BCUT2D eigenvalue weighted by molar-refractivity contribution is 0.0676. The van der Waals surface area contributed by atoms with Crippen molar-refractivity contribution in [3.8, 4) is 0 Å². The molecule has 9 heteroatoms. The van der Waals surface area contributed by atoms with Gasteiger partial charge in [0.05, 0.1) is 22.3 Å². The summed E-state index contributed by atoms with van der Waals surface area (Å²) < 4.78 is 0. The molecule has 2 heterocycles. The van der Waals surface area contributed by atoms with Gasteiger partial charge in [0.15, 0.2) is 0 Å². The van der Waals surface area contributed by atoms with Crippen molar-refractivity contribution in [2.24, 2.45) is 0 Å². The van der Waals surface area contributed by atoms with Crippen molar-refractivity contribution in [1.82, 2.24) is 14.7 Å². The summed E-state index contributed by atoms with van der Waals surface area (Å²) >= 11 is 3.18. The molecule has 5 aromatic rings. The Kier molecular flexibility index (Phi) is 8.15. The van der Waals surface area contributed by atoms with Crippen molar-refractivity contribution in [2.45, 2.75) is 16.3 Å². The smallest absolute Gasteiger partial charge is 0.262 e. The molecule has 0 unspecified atom stereocenters. The van der Waals surface area contributed by atoms with Crippen LogP contribution in [0, 0.1) is 0 Å². The highest BCUT2D eigenvalue weighted by Crippen LogP contribution is 2.34. The van der Waals surface area contributed by atoms with Crippen LogP contribution < -0.4 is 0 Å². The van der Waals surface area contributed by atoms with Crippen LogP contribution in [-0.4, -0.2) is 77.0 Å². The number of amides is 4. The third kappa shape index (κ3) is 5.28. The van der Waals surface area contributed by atoms with Crippen LogP contribution in [0.5, 0.6) is 0 Å². The Balaban J connectivity index is 1.16. The van der Waals surface area contributed by atoms with Crippen molar-refractivity contribution in [3.05, 3.63) is 119 Å². The molecule has 2 aliphatic rings. The highest BCUT2D eigenvalue weighted by Gasteiger charge is 2.36. The van der Waals surface area contributed by atoms with E-state index in [1.807, 2.05) is 24.3 Å². The van der Waals surface area contributed by atoms with Gasteiger partial charge in [-0.25, -0.2) is 0 Å². The first-order valence-corrected chi connectivity index (χ1v) is 17.1. The average molecular weight is 646 g/mol. The molecule has 0 N–H and O–H groups in total. The number of hydrogen-bond acceptors (Lipinski definition) is 7. The van der Waals surface area contributed by atoms with Gasteiger partial charge < -0.3 is 0 Å². The molecule has 7 nitrogen and oxygen atoms in total. The largest absolute Gasteiger partial charge is 0.297 e. The molecular weight excluding hydrogens is 615 g/mol. The van der Waals surface area contributed by atoms with Crippen LogP contribution in [0.4, 0.5) is 0 Å². The number of fused-ring (bicyclic) bond motifs is 4. The molecule has 0 saturated heterocycles. The fraction of sp³-hybridized carbons (Fsp3) is 0.189. The Bertz CT molecular complexity index is 1940. The van der Waals surface area contributed by atoms with E-state index < -0.39 is 0 Å². The van der Waals surface area contributed by atoms with Crippen molar-refractivity contribution < 1.29 is 19.2 Å². The van der Waals surface area contributed by atoms with Gasteiger partial charge in [0, 0.05) is 55.0 Å². The second-order valence-corrected chi connectivity index (χ2v) is 13.7. The van der Waals surface area contributed by atoms with E-state index in [4.69, 9.17) is 0 Å². The summed E-state index contributed by atoms with van der Waals surface area (Å²) in [4.78, 5) is 57.3. The molecule has 46 heavy (non-hydrogen) atoms. The summed E-state index contributed by atoms with van der Waals surface area (Å²) in [5.41, 5.74) is 3.16. The number of rotatable bonds is 10. The average Bonchev–Trinajstić information content (AvgIpc) is 3.44. The summed E-state index contributed by atoms with van der Waals surface area (Å²) in [6, 6.07) is 30.1. The normalized spacial score (nSPS) is 14.3. The van der Waals surface area contributed by atoms with Gasteiger partial charge in [-0.15, -0.1) is 23.5 Å². The molecule has 230 valence electrons. The van der Waals surface area contributed by atoms with Gasteiger partial charge in [0.2, 0.25) is 0 Å².